The minimum atomic E-state index is 0.768. The number of piperidine rings is 1. The molecule has 0 radical (unpaired) electrons. The topological polar surface area (TPSA) is 18.5 Å². The summed E-state index contributed by atoms with van der Waals surface area (Å²) in [5.74, 6) is 0. The fourth-order valence-corrected chi connectivity index (χ4v) is 3.43. The Morgan fingerprint density at radius 2 is 1.82 bits per heavy atom. The van der Waals surface area contributed by atoms with Crippen LogP contribution < -0.4 is 5.32 Å². The van der Waals surface area contributed by atoms with Crippen LogP contribution in [-0.4, -0.2) is 60.6 Å². The number of hydrogen-bond acceptors (Lipinski definition) is 3. The maximum absolute atomic E-state index is 3.79. The van der Waals surface area contributed by atoms with E-state index < -0.39 is 0 Å². The molecule has 3 nitrogen and oxygen atoms in total. The molecule has 2 heterocycles. The van der Waals surface area contributed by atoms with E-state index in [-0.39, 0.29) is 0 Å². The lowest BCUT2D eigenvalue weighted by Gasteiger charge is -2.39. The molecule has 1 N–H and O–H groups in total. The number of nitrogens with one attached hydrogen (secondary N) is 1. The normalized spacial score (nSPS) is 40.9. The summed E-state index contributed by atoms with van der Waals surface area (Å²) in [6.07, 6.45) is 6.95. The van der Waals surface area contributed by atoms with Crippen LogP contribution in [0.2, 0.25) is 0 Å². The van der Waals surface area contributed by atoms with Gasteiger partial charge in [0.15, 0.2) is 0 Å². The van der Waals surface area contributed by atoms with E-state index in [2.05, 4.69) is 29.1 Å². The molecular formula is C14H27N3. The van der Waals surface area contributed by atoms with Crippen LogP contribution in [-0.2, 0) is 0 Å². The van der Waals surface area contributed by atoms with Gasteiger partial charge in [-0.1, -0.05) is 0 Å². The summed E-state index contributed by atoms with van der Waals surface area (Å²) in [5.41, 5.74) is 0. The van der Waals surface area contributed by atoms with Gasteiger partial charge in [-0.3, -0.25) is 4.90 Å². The van der Waals surface area contributed by atoms with Crippen LogP contribution in [0.5, 0.6) is 0 Å². The quantitative estimate of drug-likeness (QED) is 0.798. The Labute approximate surface area is 106 Å². The van der Waals surface area contributed by atoms with Gasteiger partial charge in [0.25, 0.3) is 0 Å². The summed E-state index contributed by atoms with van der Waals surface area (Å²) in [6, 6.07) is 3.28. The minimum absolute atomic E-state index is 0.768. The first-order chi connectivity index (χ1) is 8.22. The third kappa shape index (κ3) is 2.83. The van der Waals surface area contributed by atoms with Crippen molar-refractivity contribution in [1.29, 1.82) is 0 Å². The van der Waals surface area contributed by atoms with Crippen LogP contribution in [0.4, 0.5) is 0 Å². The second kappa shape index (κ2) is 4.87. The van der Waals surface area contributed by atoms with E-state index in [1.807, 2.05) is 0 Å². The highest BCUT2D eigenvalue weighted by Gasteiger charge is 2.34. The molecule has 3 aliphatic rings. The van der Waals surface area contributed by atoms with Crippen molar-refractivity contribution in [3.8, 4) is 0 Å². The highest BCUT2D eigenvalue weighted by atomic mass is 15.2. The molecule has 0 spiro atoms. The Bertz CT molecular complexity index is 264. The van der Waals surface area contributed by atoms with Crippen molar-refractivity contribution in [3.63, 3.8) is 0 Å². The number of likely N-dealkylation sites (tertiary alicyclic amines) is 2. The van der Waals surface area contributed by atoms with Crippen LogP contribution in [0.25, 0.3) is 0 Å². The fourth-order valence-electron chi connectivity index (χ4n) is 3.43. The van der Waals surface area contributed by atoms with Crippen LogP contribution in [0.15, 0.2) is 0 Å². The Balaban J connectivity index is 1.48. The lowest BCUT2D eigenvalue weighted by atomic mass is 9.98. The molecule has 2 saturated heterocycles. The number of nitrogens with zero attached hydrogens (tertiary/aromatic N) is 2. The maximum atomic E-state index is 3.79. The van der Waals surface area contributed by atoms with E-state index in [9.17, 15) is 0 Å². The Morgan fingerprint density at radius 3 is 2.53 bits per heavy atom. The molecule has 3 fully saturated rings. The van der Waals surface area contributed by atoms with Crippen LogP contribution in [0.1, 0.15) is 39.0 Å². The van der Waals surface area contributed by atoms with Crippen molar-refractivity contribution in [3.05, 3.63) is 0 Å². The summed E-state index contributed by atoms with van der Waals surface area (Å²) in [5, 5.41) is 3.79. The predicted molar refractivity (Wildman–Crippen MR) is 71.2 cm³/mol. The molecular weight excluding hydrogens is 210 g/mol. The molecule has 17 heavy (non-hydrogen) atoms. The summed E-state index contributed by atoms with van der Waals surface area (Å²) in [4.78, 5) is 5.26. The van der Waals surface area contributed by atoms with Crippen molar-refractivity contribution < 1.29 is 0 Å². The molecule has 3 heteroatoms. The molecule has 0 aromatic carbocycles. The zero-order valence-corrected chi connectivity index (χ0v) is 11.4. The maximum Gasteiger partial charge on any atom is 0.0209 e. The zero-order valence-electron chi connectivity index (χ0n) is 11.4. The molecule has 3 atom stereocenters. The van der Waals surface area contributed by atoms with Gasteiger partial charge >= 0.3 is 0 Å². The second-order valence-electron chi connectivity index (χ2n) is 6.43. The van der Waals surface area contributed by atoms with Crippen molar-refractivity contribution >= 4 is 0 Å². The SMILES string of the molecule is CC1CC(N2CCC(NC3CC3)C2)CCN1C. The molecule has 98 valence electrons. The lowest BCUT2D eigenvalue weighted by molar-refractivity contribution is 0.102. The summed E-state index contributed by atoms with van der Waals surface area (Å²) >= 11 is 0. The smallest absolute Gasteiger partial charge is 0.0209 e. The van der Waals surface area contributed by atoms with Gasteiger partial charge in [0.05, 0.1) is 0 Å². The van der Waals surface area contributed by atoms with Gasteiger partial charge in [-0.15, -0.1) is 0 Å². The van der Waals surface area contributed by atoms with Crippen molar-refractivity contribution in [1.82, 2.24) is 15.1 Å². The zero-order chi connectivity index (χ0) is 11.8. The number of rotatable bonds is 3. The average molecular weight is 237 g/mol. The molecule has 1 saturated carbocycles. The Kier molecular flexibility index (Phi) is 3.42. The highest BCUT2D eigenvalue weighted by molar-refractivity contribution is 4.93. The van der Waals surface area contributed by atoms with Crippen molar-refractivity contribution in [2.24, 2.45) is 0 Å². The Hall–Kier alpha value is -0.120. The molecule has 1 aliphatic carbocycles. The molecule has 3 rings (SSSR count). The summed E-state index contributed by atoms with van der Waals surface area (Å²) in [6.45, 7) is 6.29. The van der Waals surface area contributed by atoms with E-state index >= 15 is 0 Å². The third-order valence-electron chi connectivity index (χ3n) is 4.97. The molecule has 0 bridgehead atoms. The third-order valence-corrected chi connectivity index (χ3v) is 4.97. The van der Waals surface area contributed by atoms with Crippen molar-refractivity contribution in [2.75, 3.05) is 26.7 Å². The first kappa shape index (κ1) is 11.9. The summed E-state index contributed by atoms with van der Waals surface area (Å²) in [7, 11) is 2.27. The van der Waals surface area contributed by atoms with Crippen LogP contribution >= 0.6 is 0 Å². The largest absolute Gasteiger partial charge is 0.310 e. The average Bonchev–Trinajstić information content (AvgIpc) is 2.99. The van der Waals surface area contributed by atoms with Gasteiger partial charge in [-0.2, -0.15) is 0 Å². The highest BCUT2D eigenvalue weighted by Crippen LogP contribution is 2.26. The van der Waals surface area contributed by atoms with Gasteiger partial charge in [-0.05, 0) is 52.6 Å². The monoisotopic (exact) mass is 237 g/mol. The van der Waals surface area contributed by atoms with E-state index in [0.717, 1.165) is 24.2 Å². The number of hydrogen-bond donors (Lipinski definition) is 1. The van der Waals surface area contributed by atoms with Crippen LogP contribution in [0, 0.1) is 0 Å². The van der Waals surface area contributed by atoms with E-state index in [4.69, 9.17) is 0 Å². The molecule has 3 unspecified atom stereocenters. The van der Waals surface area contributed by atoms with Crippen LogP contribution in [0.3, 0.4) is 0 Å². The fraction of sp³-hybridized carbons (Fsp3) is 1.00. The molecule has 0 aromatic rings. The van der Waals surface area contributed by atoms with Gasteiger partial charge < -0.3 is 10.2 Å². The van der Waals surface area contributed by atoms with E-state index in [1.54, 1.807) is 0 Å². The predicted octanol–water partition coefficient (Wildman–Crippen LogP) is 1.30. The minimum Gasteiger partial charge on any atom is -0.310 e. The second-order valence-corrected chi connectivity index (χ2v) is 6.43. The summed E-state index contributed by atoms with van der Waals surface area (Å²) < 4.78 is 0. The van der Waals surface area contributed by atoms with Gasteiger partial charge in [0.2, 0.25) is 0 Å². The standard InChI is InChI=1S/C14H27N3/c1-11-9-14(6-7-16(11)2)17-8-5-13(10-17)15-12-3-4-12/h11-15H,3-10H2,1-2H3. The first-order valence-electron chi connectivity index (χ1n) is 7.42. The molecule has 0 amide bonds. The van der Waals surface area contributed by atoms with Gasteiger partial charge in [0.1, 0.15) is 0 Å². The lowest BCUT2D eigenvalue weighted by Crippen LogP contribution is -2.47. The van der Waals surface area contributed by atoms with E-state index in [1.165, 1.54) is 51.7 Å². The van der Waals surface area contributed by atoms with E-state index in [0.29, 0.717) is 0 Å². The van der Waals surface area contributed by atoms with Crippen molar-refractivity contribution in [2.45, 2.75) is 63.2 Å². The molecule has 2 aliphatic heterocycles. The van der Waals surface area contributed by atoms with Gasteiger partial charge in [0, 0.05) is 37.3 Å². The van der Waals surface area contributed by atoms with Gasteiger partial charge in [-0.25, -0.2) is 0 Å². The first-order valence-corrected chi connectivity index (χ1v) is 7.42. The molecule has 0 aromatic heterocycles. The Morgan fingerprint density at radius 1 is 1.00 bits per heavy atom.